The van der Waals surface area contributed by atoms with Gasteiger partial charge >= 0.3 is 0 Å². The molecule has 3 aromatic heterocycles. The number of nitrogens with zero attached hydrogens (tertiary/aromatic N) is 4. The van der Waals surface area contributed by atoms with E-state index in [4.69, 9.17) is 16.0 Å². The van der Waals surface area contributed by atoms with E-state index in [1.807, 2.05) is 5.38 Å². The first-order valence-electron chi connectivity index (χ1n) is 9.02. The van der Waals surface area contributed by atoms with E-state index in [0.717, 1.165) is 0 Å². The molecular formula is C19H18ClN5O3S. The van der Waals surface area contributed by atoms with Crippen LogP contribution in [0.15, 0.2) is 46.5 Å². The predicted molar refractivity (Wildman–Crippen MR) is 110 cm³/mol. The molecule has 0 saturated carbocycles. The third-order valence-corrected chi connectivity index (χ3v) is 5.53. The highest BCUT2D eigenvalue weighted by molar-refractivity contribution is 7.13. The van der Waals surface area contributed by atoms with E-state index in [0.29, 0.717) is 53.6 Å². The van der Waals surface area contributed by atoms with Gasteiger partial charge in [-0.05, 0) is 24.3 Å². The molecule has 0 aromatic carbocycles. The molecule has 4 heterocycles. The molecule has 29 heavy (non-hydrogen) atoms. The first-order chi connectivity index (χ1) is 14.1. The lowest BCUT2D eigenvalue weighted by Crippen LogP contribution is -2.50. The molecule has 10 heteroatoms. The number of anilines is 2. The van der Waals surface area contributed by atoms with Gasteiger partial charge in [-0.3, -0.25) is 9.59 Å². The third-order valence-electron chi connectivity index (χ3n) is 4.50. The molecule has 1 saturated heterocycles. The SMILES string of the molecule is O=C(Cc1csc(Nc2ccc(Cl)cn2)n1)N1CCN(C(=O)c2ccco2)CC1. The summed E-state index contributed by atoms with van der Waals surface area (Å²) in [5.74, 6) is 0.811. The zero-order valence-corrected chi connectivity index (χ0v) is 16.9. The number of rotatable bonds is 5. The van der Waals surface area contributed by atoms with Crippen LogP contribution in [0.4, 0.5) is 10.9 Å². The molecule has 3 aromatic rings. The highest BCUT2D eigenvalue weighted by atomic mass is 35.5. The summed E-state index contributed by atoms with van der Waals surface area (Å²) in [4.78, 5) is 37.0. The van der Waals surface area contributed by atoms with Gasteiger partial charge in [0.25, 0.3) is 5.91 Å². The molecule has 1 aliphatic rings. The van der Waals surface area contributed by atoms with Crippen molar-refractivity contribution in [2.75, 3.05) is 31.5 Å². The van der Waals surface area contributed by atoms with Crippen molar-refractivity contribution in [3.05, 3.63) is 58.6 Å². The van der Waals surface area contributed by atoms with Crippen LogP contribution in [0.5, 0.6) is 0 Å². The number of amides is 2. The number of thiazole rings is 1. The summed E-state index contributed by atoms with van der Waals surface area (Å²) in [5.41, 5.74) is 0.700. The number of nitrogens with one attached hydrogen (secondary N) is 1. The number of aromatic nitrogens is 2. The Morgan fingerprint density at radius 2 is 1.97 bits per heavy atom. The first-order valence-corrected chi connectivity index (χ1v) is 10.3. The maximum absolute atomic E-state index is 12.6. The lowest BCUT2D eigenvalue weighted by molar-refractivity contribution is -0.132. The van der Waals surface area contributed by atoms with Crippen LogP contribution in [0.1, 0.15) is 16.2 Å². The minimum Gasteiger partial charge on any atom is -0.459 e. The van der Waals surface area contributed by atoms with Crippen molar-refractivity contribution < 1.29 is 14.0 Å². The Hall–Kier alpha value is -2.91. The van der Waals surface area contributed by atoms with Gasteiger partial charge < -0.3 is 19.5 Å². The summed E-state index contributed by atoms with van der Waals surface area (Å²) in [6.07, 6.45) is 3.25. The number of pyridine rings is 1. The Balaban J connectivity index is 1.28. The van der Waals surface area contributed by atoms with E-state index in [1.165, 1.54) is 17.6 Å². The zero-order chi connectivity index (χ0) is 20.2. The van der Waals surface area contributed by atoms with E-state index < -0.39 is 0 Å². The van der Waals surface area contributed by atoms with Crippen LogP contribution >= 0.6 is 22.9 Å². The summed E-state index contributed by atoms with van der Waals surface area (Å²) in [6.45, 7) is 1.96. The molecule has 0 aliphatic carbocycles. The second-order valence-electron chi connectivity index (χ2n) is 6.46. The molecule has 0 spiro atoms. The molecule has 1 fully saturated rings. The van der Waals surface area contributed by atoms with Gasteiger partial charge in [0.05, 0.1) is 23.4 Å². The Morgan fingerprint density at radius 1 is 1.17 bits per heavy atom. The Labute approximate surface area is 176 Å². The van der Waals surface area contributed by atoms with Crippen molar-refractivity contribution in [2.45, 2.75) is 6.42 Å². The number of hydrogen-bond donors (Lipinski definition) is 1. The van der Waals surface area contributed by atoms with Gasteiger partial charge in [-0.1, -0.05) is 11.6 Å². The number of hydrogen-bond acceptors (Lipinski definition) is 7. The van der Waals surface area contributed by atoms with Crippen molar-refractivity contribution in [1.82, 2.24) is 19.8 Å². The van der Waals surface area contributed by atoms with E-state index in [-0.39, 0.29) is 18.2 Å². The van der Waals surface area contributed by atoms with Crippen LogP contribution in [0, 0.1) is 0 Å². The van der Waals surface area contributed by atoms with E-state index in [2.05, 4.69) is 15.3 Å². The maximum atomic E-state index is 12.6. The summed E-state index contributed by atoms with van der Waals surface area (Å²) in [6, 6.07) is 6.84. The molecule has 2 amide bonds. The maximum Gasteiger partial charge on any atom is 0.289 e. The van der Waals surface area contributed by atoms with E-state index in [9.17, 15) is 9.59 Å². The summed E-state index contributed by atoms with van der Waals surface area (Å²) in [5, 5.41) is 6.18. The Kier molecular flexibility index (Phi) is 5.77. The Morgan fingerprint density at radius 3 is 2.66 bits per heavy atom. The van der Waals surface area contributed by atoms with Crippen molar-refractivity contribution in [3.63, 3.8) is 0 Å². The third kappa shape index (κ3) is 4.75. The standard InChI is InChI=1S/C19H18ClN5O3S/c20-13-3-4-16(21-11-13)23-19-22-14(12-29-19)10-17(26)24-5-7-25(8-6-24)18(27)15-2-1-9-28-15/h1-4,9,11-12H,5-8,10H2,(H,21,22,23). The molecule has 1 aliphatic heterocycles. The van der Waals surface area contributed by atoms with Gasteiger partial charge in [-0.25, -0.2) is 9.97 Å². The van der Waals surface area contributed by atoms with Crippen LogP contribution in [0.25, 0.3) is 0 Å². The van der Waals surface area contributed by atoms with Crippen molar-refractivity contribution in [2.24, 2.45) is 0 Å². The topological polar surface area (TPSA) is 91.6 Å². The summed E-state index contributed by atoms with van der Waals surface area (Å²) < 4.78 is 5.16. The number of halogens is 1. The molecule has 0 unspecified atom stereocenters. The minimum absolute atomic E-state index is 0.00318. The van der Waals surface area contributed by atoms with Crippen LogP contribution in [-0.4, -0.2) is 57.8 Å². The molecule has 1 N–H and O–H groups in total. The van der Waals surface area contributed by atoms with E-state index in [1.54, 1.807) is 40.3 Å². The lowest BCUT2D eigenvalue weighted by atomic mass is 10.2. The van der Waals surface area contributed by atoms with Crippen molar-refractivity contribution >= 4 is 45.7 Å². The normalized spacial score (nSPS) is 14.1. The first kappa shape index (κ1) is 19.4. The van der Waals surface area contributed by atoms with Crippen LogP contribution in [0.3, 0.4) is 0 Å². The summed E-state index contributed by atoms with van der Waals surface area (Å²) in [7, 11) is 0. The van der Waals surface area contributed by atoms with E-state index >= 15 is 0 Å². The van der Waals surface area contributed by atoms with Gasteiger partial charge in [-0.15, -0.1) is 11.3 Å². The number of furan rings is 1. The highest BCUT2D eigenvalue weighted by Crippen LogP contribution is 2.21. The van der Waals surface area contributed by atoms with Gasteiger partial charge in [0, 0.05) is 37.8 Å². The zero-order valence-electron chi connectivity index (χ0n) is 15.4. The molecular weight excluding hydrogens is 414 g/mol. The molecule has 0 radical (unpaired) electrons. The molecule has 4 rings (SSSR count). The monoisotopic (exact) mass is 431 g/mol. The fraction of sp³-hybridized carbons (Fsp3) is 0.263. The summed E-state index contributed by atoms with van der Waals surface area (Å²) >= 11 is 7.24. The fourth-order valence-corrected chi connectivity index (χ4v) is 3.82. The van der Waals surface area contributed by atoms with Gasteiger partial charge in [0.1, 0.15) is 5.82 Å². The second kappa shape index (κ2) is 8.62. The van der Waals surface area contributed by atoms with Gasteiger partial charge in [0.2, 0.25) is 5.91 Å². The number of carbonyl (C=O) groups excluding carboxylic acids is 2. The smallest absolute Gasteiger partial charge is 0.289 e. The fourth-order valence-electron chi connectivity index (χ4n) is 2.99. The van der Waals surface area contributed by atoms with Crippen LogP contribution in [0.2, 0.25) is 5.02 Å². The quantitative estimate of drug-likeness (QED) is 0.667. The van der Waals surface area contributed by atoms with Gasteiger partial charge in [-0.2, -0.15) is 0 Å². The lowest BCUT2D eigenvalue weighted by Gasteiger charge is -2.34. The average molecular weight is 432 g/mol. The Bertz CT molecular complexity index is 982. The second-order valence-corrected chi connectivity index (χ2v) is 7.75. The van der Waals surface area contributed by atoms with Crippen LogP contribution < -0.4 is 5.32 Å². The largest absolute Gasteiger partial charge is 0.459 e. The van der Waals surface area contributed by atoms with Crippen LogP contribution in [-0.2, 0) is 11.2 Å². The molecule has 150 valence electrons. The molecule has 0 atom stereocenters. The van der Waals surface area contributed by atoms with Crippen molar-refractivity contribution in [1.29, 1.82) is 0 Å². The predicted octanol–water partition coefficient (Wildman–Crippen LogP) is 3.06. The molecule has 8 nitrogen and oxygen atoms in total. The number of carbonyl (C=O) groups is 2. The van der Waals surface area contributed by atoms with Crippen molar-refractivity contribution in [3.8, 4) is 0 Å². The number of piperazine rings is 1. The van der Waals surface area contributed by atoms with Gasteiger partial charge in [0.15, 0.2) is 10.9 Å². The molecule has 0 bridgehead atoms. The minimum atomic E-state index is -0.145. The highest BCUT2D eigenvalue weighted by Gasteiger charge is 2.26. The average Bonchev–Trinajstić information content (AvgIpc) is 3.42.